The third-order valence-electron chi connectivity index (χ3n) is 2.10. The van der Waals surface area contributed by atoms with E-state index in [1.807, 2.05) is 12.1 Å². The van der Waals surface area contributed by atoms with Crippen LogP contribution >= 0.6 is 22.9 Å². The van der Waals surface area contributed by atoms with Gasteiger partial charge in [0.1, 0.15) is 0 Å². The summed E-state index contributed by atoms with van der Waals surface area (Å²) in [6.45, 7) is 0.539. The first-order valence-corrected chi connectivity index (χ1v) is 5.89. The quantitative estimate of drug-likeness (QED) is 0.843. The highest BCUT2D eigenvalue weighted by molar-refractivity contribution is 7.16. The summed E-state index contributed by atoms with van der Waals surface area (Å²) >= 11 is 7.29. The van der Waals surface area contributed by atoms with E-state index >= 15 is 0 Å². The van der Waals surface area contributed by atoms with Crippen molar-refractivity contribution in [2.45, 2.75) is 6.54 Å². The standard InChI is InChI=1S/C11H10ClNO2S/c1-13(7-8-4-5-10(12)16-8)11(14)9-3-2-6-15-9/h2-6H,7H2,1H3. The molecule has 0 N–H and O–H groups in total. The van der Waals surface area contributed by atoms with Gasteiger partial charge >= 0.3 is 0 Å². The van der Waals surface area contributed by atoms with E-state index in [0.29, 0.717) is 12.3 Å². The van der Waals surface area contributed by atoms with Gasteiger partial charge in [-0.15, -0.1) is 11.3 Å². The minimum atomic E-state index is -0.130. The van der Waals surface area contributed by atoms with Gasteiger partial charge < -0.3 is 9.32 Å². The first-order valence-electron chi connectivity index (χ1n) is 4.70. The lowest BCUT2D eigenvalue weighted by molar-refractivity contribution is 0.0755. The Labute approximate surface area is 102 Å². The Bertz CT molecular complexity index is 478. The van der Waals surface area contributed by atoms with Crippen LogP contribution in [0.4, 0.5) is 0 Å². The van der Waals surface area contributed by atoms with Crippen LogP contribution in [-0.4, -0.2) is 17.9 Å². The molecule has 2 rings (SSSR count). The van der Waals surface area contributed by atoms with Crippen LogP contribution in [0.1, 0.15) is 15.4 Å². The zero-order valence-corrected chi connectivity index (χ0v) is 10.2. The van der Waals surface area contributed by atoms with Crippen molar-refractivity contribution in [1.29, 1.82) is 0 Å². The molecule has 0 aromatic carbocycles. The summed E-state index contributed by atoms with van der Waals surface area (Å²) in [6.07, 6.45) is 1.49. The topological polar surface area (TPSA) is 33.5 Å². The van der Waals surface area contributed by atoms with Gasteiger partial charge in [-0.1, -0.05) is 11.6 Å². The van der Waals surface area contributed by atoms with E-state index in [4.69, 9.17) is 16.0 Å². The van der Waals surface area contributed by atoms with Crippen LogP contribution in [0.2, 0.25) is 4.34 Å². The lowest BCUT2D eigenvalue weighted by Crippen LogP contribution is -2.25. The molecule has 0 atom stereocenters. The van der Waals surface area contributed by atoms with Gasteiger partial charge in [-0.05, 0) is 24.3 Å². The van der Waals surface area contributed by atoms with Crippen molar-refractivity contribution in [3.8, 4) is 0 Å². The van der Waals surface area contributed by atoms with Crippen LogP contribution in [0.15, 0.2) is 34.9 Å². The summed E-state index contributed by atoms with van der Waals surface area (Å²) in [5.74, 6) is 0.222. The van der Waals surface area contributed by atoms with Gasteiger partial charge in [0.25, 0.3) is 5.91 Å². The van der Waals surface area contributed by atoms with Gasteiger partial charge in [0.15, 0.2) is 5.76 Å². The zero-order valence-electron chi connectivity index (χ0n) is 8.64. The molecular formula is C11H10ClNO2S. The van der Waals surface area contributed by atoms with Crippen LogP contribution in [0.5, 0.6) is 0 Å². The molecule has 3 nitrogen and oxygen atoms in total. The number of hydrogen-bond donors (Lipinski definition) is 0. The normalized spacial score (nSPS) is 10.4. The van der Waals surface area contributed by atoms with Crippen molar-refractivity contribution < 1.29 is 9.21 Å². The maximum Gasteiger partial charge on any atom is 0.289 e. The molecular weight excluding hydrogens is 246 g/mol. The van der Waals surface area contributed by atoms with Crippen LogP contribution in [0.3, 0.4) is 0 Å². The summed E-state index contributed by atoms with van der Waals surface area (Å²) in [4.78, 5) is 14.5. The van der Waals surface area contributed by atoms with Crippen LogP contribution < -0.4 is 0 Å². The molecule has 0 saturated heterocycles. The van der Waals surface area contributed by atoms with E-state index in [9.17, 15) is 4.79 Å². The van der Waals surface area contributed by atoms with Gasteiger partial charge in [0.05, 0.1) is 17.1 Å². The van der Waals surface area contributed by atoms with E-state index in [1.165, 1.54) is 17.6 Å². The molecule has 2 aromatic heterocycles. The van der Waals surface area contributed by atoms with Crippen molar-refractivity contribution in [2.75, 3.05) is 7.05 Å². The maximum absolute atomic E-state index is 11.8. The number of furan rings is 1. The van der Waals surface area contributed by atoms with E-state index in [2.05, 4.69) is 0 Å². The lowest BCUT2D eigenvalue weighted by Gasteiger charge is -2.14. The first-order chi connectivity index (χ1) is 7.66. The molecule has 0 radical (unpaired) electrons. The average Bonchev–Trinajstić information content (AvgIpc) is 2.88. The van der Waals surface area contributed by atoms with Gasteiger partial charge in [-0.25, -0.2) is 0 Å². The van der Waals surface area contributed by atoms with Crippen molar-refractivity contribution in [3.63, 3.8) is 0 Å². The Balaban J connectivity index is 2.03. The lowest BCUT2D eigenvalue weighted by atomic mass is 10.3. The number of rotatable bonds is 3. The highest BCUT2D eigenvalue weighted by atomic mass is 35.5. The van der Waals surface area contributed by atoms with Gasteiger partial charge in [-0.3, -0.25) is 4.79 Å². The molecule has 0 saturated carbocycles. The van der Waals surface area contributed by atoms with Gasteiger partial charge in [0.2, 0.25) is 0 Å². The van der Waals surface area contributed by atoms with Crippen molar-refractivity contribution in [3.05, 3.63) is 45.5 Å². The molecule has 0 unspecified atom stereocenters. The Morgan fingerprint density at radius 1 is 1.50 bits per heavy atom. The second kappa shape index (κ2) is 4.72. The summed E-state index contributed by atoms with van der Waals surface area (Å²) < 4.78 is 5.78. The average molecular weight is 256 g/mol. The summed E-state index contributed by atoms with van der Waals surface area (Å²) in [5.41, 5.74) is 0. The third kappa shape index (κ3) is 2.46. The third-order valence-corrected chi connectivity index (χ3v) is 3.32. The van der Waals surface area contributed by atoms with E-state index in [-0.39, 0.29) is 5.91 Å². The molecule has 0 aliphatic rings. The van der Waals surface area contributed by atoms with E-state index in [0.717, 1.165) is 9.21 Å². The summed E-state index contributed by atoms with van der Waals surface area (Å²) in [6, 6.07) is 7.09. The number of hydrogen-bond acceptors (Lipinski definition) is 3. The van der Waals surface area contributed by atoms with E-state index < -0.39 is 0 Å². The van der Waals surface area contributed by atoms with Crippen molar-refractivity contribution in [1.82, 2.24) is 4.90 Å². The molecule has 1 amide bonds. The highest BCUT2D eigenvalue weighted by Crippen LogP contribution is 2.22. The molecule has 0 fully saturated rings. The van der Waals surface area contributed by atoms with Crippen molar-refractivity contribution in [2.24, 2.45) is 0 Å². The zero-order chi connectivity index (χ0) is 11.5. The molecule has 16 heavy (non-hydrogen) atoms. The van der Waals surface area contributed by atoms with Crippen molar-refractivity contribution >= 4 is 28.8 Å². The predicted octanol–water partition coefficient (Wildman–Crippen LogP) is 3.27. The highest BCUT2D eigenvalue weighted by Gasteiger charge is 2.14. The van der Waals surface area contributed by atoms with Crippen LogP contribution in [0, 0.1) is 0 Å². The number of nitrogens with zero attached hydrogens (tertiary/aromatic N) is 1. The van der Waals surface area contributed by atoms with Crippen LogP contribution in [-0.2, 0) is 6.54 Å². The number of carbonyl (C=O) groups excluding carboxylic acids is 1. The molecule has 0 aliphatic carbocycles. The van der Waals surface area contributed by atoms with Crippen LogP contribution in [0.25, 0.3) is 0 Å². The molecule has 0 aliphatic heterocycles. The fraction of sp³-hybridized carbons (Fsp3) is 0.182. The van der Waals surface area contributed by atoms with E-state index in [1.54, 1.807) is 24.1 Å². The fourth-order valence-corrected chi connectivity index (χ4v) is 2.47. The molecule has 0 spiro atoms. The number of carbonyl (C=O) groups is 1. The Hall–Kier alpha value is -1.26. The SMILES string of the molecule is CN(Cc1ccc(Cl)s1)C(=O)c1ccco1. The fourth-order valence-electron chi connectivity index (χ4n) is 1.33. The predicted molar refractivity (Wildman–Crippen MR) is 63.8 cm³/mol. The second-order valence-corrected chi connectivity index (χ2v) is 5.14. The number of amides is 1. The smallest absolute Gasteiger partial charge is 0.289 e. The molecule has 0 bridgehead atoms. The Morgan fingerprint density at radius 2 is 2.31 bits per heavy atom. The minimum absolute atomic E-state index is 0.130. The Morgan fingerprint density at radius 3 is 2.88 bits per heavy atom. The van der Waals surface area contributed by atoms with Gasteiger partial charge in [-0.2, -0.15) is 0 Å². The first kappa shape index (κ1) is 11.2. The maximum atomic E-state index is 11.8. The number of thiophene rings is 1. The molecule has 2 heterocycles. The number of halogens is 1. The Kier molecular flexibility index (Phi) is 3.31. The van der Waals surface area contributed by atoms with Gasteiger partial charge in [0, 0.05) is 11.9 Å². The summed E-state index contributed by atoms with van der Waals surface area (Å²) in [5, 5.41) is 0. The molecule has 5 heteroatoms. The molecule has 84 valence electrons. The largest absolute Gasteiger partial charge is 0.459 e. The second-order valence-electron chi connectivity index (χ2n) is 3.34. The minimum Gasteiger partial charge on any atom is -0.459 e. The summed E-state index contributed by atoms with van der Waals surface area (Å²) in [7, 11) is 1.73. The monoisotopic (exact) mass is 255 g/mol. The molecule has 2 aromatic rings.